The lowest BCUT2D eigenvalue weighted by atomic mass is 9.99. The number of halogens is 4. The van der Waals surface area contributed by atoms with Gasteiger partial charge < -0.3 is 10.3 Å². The van der Waals surface area contributed by atoms with Crippen LogP contribution in [0.25, 0.3) is 17.1 Å². The van der Waals surface area contributed by atoms with Crippen molar-refractivity contribution in [2.75, 3.05) is 0 Å². The molecule has 0 atom stereocenters. The molecule has 27 heavy (non-hydrogen) atoms. The van der Waals surface area contributed by atoms with Crippen molar-refractivity contribution < 1.29 is 17.7 Å². The summed E-state index contributed by atoms with van der Waals surface area (Å²) in [6.07, 6.45) is 0.433. The van der Waals surface area contributed by atoms with Crippen molar-refractivity contribution in [3.8, 4) is 17.1 Å². The molecule has 0 radical (unpaired) electrons. The molecule has 6 nitrogen and oxygen atoms in total. The molecule has 2 aromatic heterocycles. The van der Waals surface area contributed by atoms with Gasteiger partial charge in [-0.1, -0.05) is 24.1 Å². The van der Waals surface area contributed by atoms with Gasteiger partial charge in [0.05, 0.1) is 11.2 Å². The summed E-state index contributed by atoms with van der Waals surface area (Å²) < 4.78 is 44.7. The van der Waals surface area contributed by atoms with Crippen molar-refractivity contribution in [1.82, 2.24) is 19.9 Å². The Morgan fingerprint density at radius 3 is 2.56 bits per heavy atom. The van der Waals surface area contributed by atoms with E-state index in [1.165, 1.54) is 6.20 Å². The minimum absolute atomic E-state index is 0. The summed E-state index contributed by atoms with van der Waals surface area (Å²) in [5, 5.41) is 7.57. The Kier molecular flexibility index (Phi) is 5.00. The minimum Gasteiger partial charge on any atom is -0.334 e. The fraction of sp³-hybridized carbons (Fsp3) is 0.353. The lowest BCUT2D eigenvalue weighted by molar-refractivity contribution is -0.141. The second-order valence-electron chi connectivity index (χ2n) is 6.48. The normalized spacial score (nSPS) is 16.3. The Morgan fingerprint density at radius 2 is 1.89 bits per heavy atom. The van der Waals surface area contributed by atoms with Gasteiger partial charge in [0, 0.05) is 11.8 Å². The predicted molar refractivity (Wildman–Crippen MR) is 93.4 cm³/mol. The van der Waals surface area contributed by atoms with Gasteiger partial charge in [-0.25, -0.2) is 4.68 Å². The molecule has 2 heterocycles. The summed E-state index contributed by atoms with van der Waals surface area (Å²) >= 11 is 0. The molecule has 0 bridgehead atoms. The van der Waals surface area contributed by atoms with Crippen molar-refractivity contribution in [3.05, 3.63) is 48.0 Å². The zero-order chi connectivity index (χ0) is 18.4. The van der Waals surface area contributed by atoms with E-state index >= 15 is 0 Å². The average Bonchev–Trinajstić information content (AvgIpc) is 3.35. The highest BCUT2D eigenvalue weighted by Crippen LogP contribution is 2.35. The Hall–Kier alpha value is -2.39. The molecular weight excluding hydrogens is 383 g/mol. The van der Waals surface area contributed by atoms with Crippen LogP contribution in [0, 0.1) is 0 Å². The molecule has 0 aliphatic heterocycles. The van der Waals surface area contributed by atoms with Gasteiger partial charge in [0.2, 0.25) is 0 Å². The number of rotatable bonds is 3. The van der Waals surface area contributed by atoms with Crippen LogP contribution in [-0.4, -0.2) is 19.9 Å². The van der Waals surface area contributed by atoms with Crippen LogP contribution in [0.3, 0.4) is 0 Å². The average molecular weight is 400 g/mol. The first-order chi connectivity index (χ1) is 12.4. The second-order valence-corrected chi connectivity index (χ2v) is 6.48. The molecule has 1 fully saturated rings. The van der Waals surface area contributed by atoms with Gasteiger partial charge >= 0.3 is 6.18 Å². The number of alkyl halides is 3. The summed E-state index contributed by atoms with van der Waals surface area (Å²) in [7, 11) is 0. The summed E-state index contributed by atoms with van der Waals surface area (Å²) in [5.41, 5.74) is 5.86. The molecule has 1 aliphatic carbocycles. The largest absolute Gasteiger partial charge is 0.435 e. The highest BCUT2D eigenvalue weighted by atomic mass is 35.5. The molecule has 10 heteroatoms. The van der Waals surface area contributed by atoms with Gasteiger partial charge in [-0.05, 0) is 37.1 Å². The quantitative estimate of drug-likeness (QED) is 0.717. The van der Waals surface area contributed by atoms with E-state index in [0.29, 0.717) is 17.1 Å². The summed E-state index contributed by atoms with van der Waals surface area (Å²) in [6.45, 7) is 0. The van der Waals surface area contributed by atoms with Crippen LogP contribution in [0.2, 0.25) is 0 Å². The van der Waals surface area contributed by atoms with Crippen molar-refractivity contribution in [2.45, 2.75) is 37.4 Å². The Labute approximate surface area is 159 Å². The lowest BCUT2D eigenvalue weighted by Crippen LogP contribution is -2.34. The molecular formula is C17H17ClF3N5O. The second kappa shape index (κ2) is 6.97. The van der Waals surface area contributed by atoms with Gasteiger partial charge in [0.25, 0.3) is 5.89 Å². The van der Waals surface area contributed by atoms with Crippen molar-refractivity contribution >= 4 is 12.4 Å². The predicted octanol–water partition coefficient (Wildman–Crippen LogP) is 4.09. The van der Waals surface area contributed by atoms with Gasteiger partial charge in [-0.15, -0.1) is 12.4 Å². The van der Waals surface area contributed by atoms with E-state index in [1.54, 1.807) is 24.3 Å². The maximum Gasteiger partial charge on any atom is 0.435 e. The summed E-state index contributed by atoms with van der Waals surface area (Å²) in [6, 6.07) is 7.65. The fourth-order valence-corrected chi connectivity index (χ4v) is 3.17. The van der Waals surface area contributed by atoms with Gasteiger partial charge in [-0.2, -0.15) is 23.3 Å². The van der Waals surface area contributed by atoms with Gasteiger partial charge in [0.1, 0.15) is 0 Å². The monoisotopic (exact) mass is 399 g/mol. The van der Waals surface area contributed by atoms with Gasteiger partial charge in [0.15, 0.2) is 11.5 Å². The van der Waals surface area contributed by atoms with Crippen LogP contribution >= 0.6 is 12.4 Å². The molecule has 1 saturated carbocycles. The molecule has 1 aliphatic rings. The van der Waals surface area contributed by atoms with E-state index in [-0.39, 0.29) is 18.3 Å². The molecule has 2 N–H and O–H groups in total. The number of nitrogens with zero attached hydrogens (tertiary/aromatic N) is 4. The molecule has 0 unspecified atom stereocenters. The number of aromatic nitrogens is 4. The summed E-state index contributed by atoms with van der Waals surface area (Å²) in [5.74, 6) is 0.746. The lowest BCUT2D eigenvalue weighted by Gasteiger charge is -2.17. The minimum atomic E-state index is -4.49. The molecule has 3 aromatic rings. The van der Waals surface area contributed by atoms with Crippen LogP contribution in [0.15, 0.2) is 41.1 Å². The number of hydrogen-bond acceptors (Lipinski definition) is 5. The van der Waals surface area contributed by atoms with Gasteiger partial charge in [-0.3, -0.25) is 0 Å². The smallest absolute Gasteiger partial charge is 0.334 e. The van der Waals surface area contributed by atoms with Crippen LogP contribution in [0.4, 0.5) is 13.2 Å². The number of hydrogen-bond donors (Lipinski definition) is 1. The third kappa shape index (κ3) is 3.70. The van der Waals surface area contributed by atoms with Crippen LogP contribution in [-0.2, 0) is 11.7 Å². The van der Waals surface area contributed by atoms with E-state index in [4.69, 9.17) is 10.3 Å². The van der Waals surface area contributed by atoms with Crippen LogP contribution in [0.1, 0.15) is 37.2 Å². The maximum absolute atomic E-state index is 12.7. The molecule has 4 rings (SSSR count). The third-order valence-corrected chi connectivity index (χ3v) is 4.60. The highest BCUT2D eigenvalue weighted by molar-refractivity contribution is 5.85. The standard InChI is InChI=1S/C17H16F3N5O.ClH/c18-17(19,20)13-6-9-25(23-13)12-5-3-4-11(10-12)14-22-15(24-26-14)16(21)7-1-2-8-16;/h3-6,9-10H,1-2,7-8,21H2;1H. The van der Waals surface area contributed by atoms with E-state index in [1.807, 2.05) is 0 Å². The van der Waals surface area contributed by atoms with E-state index < -0.39 is 17.4 Å². The van der Waals surface area contributed by atoms with E-state index in [0.717, 1.165) is 36.4 Å². The fourth-order valence-electron chi connectivity index (χ4n) is 3.17. The maximum atomic E-state index is 12.7. The van der Waals surface area contributed by atoms with Crippen molar-refractivity contribution in [3.63, 3.8) is 0 Å². The Balaban J connectivity index is 0.00000210. The molecule has 1 aromatic carbocycles. The third-order valence-electron chi connectivity index (χ3n) is 4.60. The first kappa shape index (κ1) is 19.4. The SMILES string of the molecule is Cl.NC1(c2noc(-c3cccc(-n4ccc(C(F)(F)F)n4)c3)n2)CCCC1. The van der Waals surface area contributed by atoms with Crippen molar-refractivity contribution in [1.29, 1.82) is 0 Å². The van der Waals surface area contributed by atoms with Crippen molar-refractivity contribution in [2.24, 2.45) is 5.73 Å². The Morgan fingerprint density at radius 1 is 1.15 bits per heavy atom. The first-order valence-electron chi connectivity index (χ1n) is 8.22. The topological polar surface area (TPSA) is 82.8 Å². The number of benzene rings is 1. The molecule has 144 valence electrons. The molecule has 0 spiro atoms. The zero-order valence-electron chi connectivity index (χ0n) is 14.1. The highest BCUT2D eigenvalue weighted by Gasteiger charge is 2.36. The molecule has 0 saturated heterocycles. The van der Waals surface area contributed by atoms with Crippen LogP contribution in [0.5, 0.6) is 0 Å². The van der Waals surface area contributed by atoms with E-state index in [2.05, 4.69) is 15.2 Å². The zero-order valence-corrected chi connectivity index (χ0v) is 14.9. The molecule has 0 amide bonds. The van der Waals surface area contributed by atoms with E-state index in [9.17, 15) is 13.2 Å². The summed E-state index contributed by atoms with van der Waals surface area (Å²) in [4.78, 5) is 4.40. The Bertz CT molecular complexity index is 931. The van der Waals surface area contributed by atoms with Crippen LogP contribution < -0.4 is 5.73 Å². The number of nitrogens with two attached hydrogens (primary N) is 1. The first-order valence-corrected chi connectivity index (χ1v) is 8.22.